The molecule has 5 heteroatoms. The normalized spacial score (nSPS) is 20.5. The minimum Gasteiger partial charge on any atom is -0.359 e. The maximum atomic E-state index is 13.6. The Bertz CT molecular complexity index is 553. The fraction of sp³-hybridized carbons (Fsp3) is 0.588. The van der Waals surface area contributed by atoms with E-state index in [1.807, 2.05) is 6.07 Å². The van der Waals surface area contributed by atoms with Crippen molar-refractivity contribution in [2.24, 2.45) is 0 Å². The molecular formula is C17H27FN3S+. The predicted molar refractivity (Wildman–Crippen MR) is 93.6 cm³/mol. The van der Waals surface area contributed by atoms with Gasteiger partial charge >= 0.3 is 0 Å². The van der Waals surface area contributed by atoms with Crippen LogP contribution in [0, 0.1) is 12.7 Å². The zero-order valence-corrected chi connectivity index (χ0v) is 14.9. The number of thiocarbonyl (C=S) groups is 1. The van der Waals surface area contributed by atoms with Gasteiger partial charge in [-0.05, 0) is 64.5 Å². The van der Waals surface area contributed by atoms with E-state index in [-0.39, 0.29) is 16.9 Å². The van der Waals surface area contributed by atoms with Gasteiger partial charge in [0.05, 0.1) is 11.1 Å². The number of aryl methyl sites for hydroxylation is 1. The maximum absolute atomic E-state index is 13.6. The first-order valence-electron chi connectivity index (χ1n) is 7.77. The summed E-state index contributed by atoms with van der Waals surface area (Å²) in [4.78, 5) is 0. The van der Waals surface area contributed by atoms with Crippen LogP contribution in [-0.4, -0.2) is 22.2 Å². The lowest BCUT2D eigenvalue weighted by molar-refractivity contribution is -0.787. The fourth-order valence-electron chi connectivity index (χ4n) is 3.64. The highest BCUT2D eigenvalue weighted by molar-refractivity contribution is 7.80. The van der Waals surface area contributed by atoms with E-state index >= 15 is 0 Å². The second kappa shape index (κ2) is 6.13. The lowest BCUT2D eigenvalue weighted by Gasteiger charge is -2.43. The van der Waals surface area contributed by atoms with Gasteiger partial charge in [-0.15, -0.1) is 0 Å². The Hall–Kier alpha value is -1.20. The topological polar surface area (TPSA) is 40.7 Å². The van der Waals surface area contributed by atoms with Crippen molar-refractivity contribution in [1.29, 1.82) is 0 Å². The van der Waals surface area contributed by atoms with Crippen molar-refractivity contribution in [2.75, 3.05) is 5.32 Å². The van der Waals surface area contributed by atoms with Crippen molar-refractivity contribution in [3.05, 3.63) is 29.6 Å². The van der Waals surface area contributed by atoms with Gasteiger partial charge in [0, 0.05) is 24.6 Å². The fourth-order valence-corrected chi connectivity index (χ4v) is 3.93. The van der Waals surface area contributed by atoms with Gasteiger partial charge in [-0.25, -0.2) is 4.39 Å². The van der Waals surface area contributed by atoms with Gasteiger partial charge < -0.3 is 16.0 Å². The van der Waals surface area contributed by atoms with Crippen molar-refractivity contribution in [3.63, 3.8) is 0 Å². The van der Waals surface area contributed by atoms with Crippen LogP contribution in [-0.2, 0) is 0 Å². The van der Waals surface area contributed by atoms with Gasteiger partial charge in [-0.1, -0.05) is 6.07 Å². The van der Waals surface area contributed by atoms with Crippen molar-refractivity contribution >= 4 is 23.0 Å². The molecule has 0 unspecified atom stereocenters. The predicted octanol–water partition coefficient (Wildman–Crippen LogP) is 2.70. The molecule has 0 aromatic heterocycles. The van der Waals surface area contributed by atoms with Crippen molar-refractivity contribution in [3.8, 4) is 0 Å². The van der Waals surface area contributed by atoms with E-state index in [0.717, 1.165) is 12.8 Å². The first kappa shape index (κ1) is 17.2. The average molecular weight is 324 g/mol. The summed E-state index contributed by atoms with van der Waals surface area (Å²) in [7, 11) is 0. The monoisotopic (exact) mass is 324 g/mol. The van der Waals surface area contributed by atoms with Crippen LogP contribution in [0.25, 0.3) is 0 Å². The quantitative estimate of drug-likeness (QED) is 0.733. The highest BCUT2D eigenvalue weighted by Gasteiger charge is 2.41. The zero-order chi connectivity index (χ0) is 16.5. The zero-order valence-electron chi connectivity index (χ0n) is 14.1. The second-order valence-corrected chi connectivity index (χ2v) is 8.20. The Morgan fingerprint density at radius 1 is 1.23 bits per heavy atom. The molecule has 122 valence electrons. The minimum atomic E-state index is -0.220. The molecule has 0 amide bonds. The molecule has 4 N–H and O–H groups in total. The third-order valence-corrected chi connectivity index (χ3v) is 4.31. The summed E-state index contributed by atoms with van der Waals surface area (Å²) in [6.07, 6.45) is 2.08. The van der Waals surface area contributed by atoms with Gasteiger partial charge in [0.1, 0.15) is 5.82 Å². The number of hydrogen-bond donors (Lipinski definition) is 3. The van der Waals surface area contributed by atoms with E-state index in [9.17, 15) is 4.39 Å². The molecule has 1 aliphatic heterocycles. The number of rotatable bonds is 2. The summed E-state index contributed by atoms with van der Waals surface area (Å²) in [5.41, 5.74) is 1.69. The van der Waals surface area contributed by atoms with E-state index in [2.05, 4.69) is 43.6 Å². The van der Waals surface area contributed by atoms with Crippen LogP contribution < -0.4 is 16.0 Å². The van der Waals surface area contributed by atoms with E-state index in [1.54, 1.807) is 13.0 Å². The number of piperidine rings is 1. The Morgan fingerprint density at radius 2 is 1.82 bits per heavy atom. The van der Waals surface area contributed by atoms with Crippen molar-refractivity contribution in [1.82, 2.24) is 5.32 Å². The third-order valence-electron chi connectivity index (χ3n) is 4.09. The number of nitrogens with two attached hydrogens (primary N) is 1. The Labute approximate surface area is 138 Å². The number of halogens is 1. The van der Waals surface area contributed by atoms with Gasteiger partial charge in [-0.2, -0.15) is 0 Å². The number of anilines is 1. The molecule has 2 rings (SSSR count). The molecule has 1 fully saturated rings. The van der Waals surface area contributed by atoms with Gasteiger partial charge in [-0.3, -0.25) is 0 Å². The molecular weight excluding hydrogens is 297 g/mol. The Morgan fingerprint density at radius 3 is 2.36 bits per heavy atom. The van der Waals surface area contributed by atoms with E-state index in [4.69, 9.17) is 12.2 Å². The van der Waals surface area contributed by atoms with Gasteiger partial charge in [0.15, 0.2) is 5.11 Å². The van der Waals surface area contributed by atoms with E-state index in [1.165, 1.54) is 6.07 Å². The number of benzene rings is 1. The molecule has 0 radical (unpaired) electrons. The van der Waals surface area contributed by atoms with Crippen LogP contribution in [0.3, 0.4) is 0 Å². The molecule has 22 heavy (non-hydrogen) atoms. The molecule has 0 atom stereocenters. The molecule has 3 nitrogen and oxygen atoms in total. The maximum Gasteiger partial charge on any atom is 0.171 e. The summed E-state index contributed by atoms with van der Waals surface area (Å²) in [6.45, 7) is 10.8. The van der Waals surface area contributed by atoms with Crippen molar-refractivity contribution < 1.29 is 9.71 Å². The number of quaternary nitrogens is 1. The second-order valence-electron chi connectivity index (χ2n) is 7.79. The van der Waals surface area contributed by atoms with Crippen LogP contribution in [0.2, 0.25) is 0 Å². The van der Waals surface area contributed by atoms with Crippen LogP contribution in [0.1, 0.15) is 46.1 Å². The van der Waals surface area contributed by atoms with Crippen LogP contribution >= 0.6 is 12.2 Å². The molecule has 0 spiro atoms. The van der Waals surface area contributed by atoms with Crippen molar-refractivity contribution in [2.45, 2.75) is 64.6 Å². The lowest BCUT2D eigenvalue weighted by atomic mass is 9.80. The molecule has 0 aliphatic carbocycles. The lowest BCUT2D eigenvalue weighted by Crippen LogP contribution is -3.06. The highest BCUT2D eigenvalue weighted by atomic mass is 32.1. The molecule has 0 saturated carbocycles. The van der Waals surface area contributed by atoms with Crippen LogP contribution in [0.15, 0.2) is 18.2 Å². The Balaban J connectivity index is 1.98. The largest absolute Gasteiger partial charge is 0.359 e. The smallest absolute Gasteiger partial charge is 0.171 e. The van der Waals surface area contributed by atoms with E-state index in [0.29, 0.717) is 22.4 Å². The first-order chi connectivity index (χ1) is 10.1. The molecule has 1 aliphatic rings. The molecule has 1 aromatic rings. The SMILES string of the molecule is Cc1ccc(NC(=S)NC2CC(C)(C)[NH2+]C(C)(C)C2)cc1F. The summed E-state index contributed by atoms with van der Waals surface area (Å²) in [5.74, 6) is -0.220. The summed E-state index contributed by atoms with van der Waals surface area (Å²) in [5, 5.41) is 9.46. The van der Waals surface area contributed by atoms with E-state index < -0.39 is 0 Å². The molecule has 1 saturated heterocycles. The number of nitrogens with one attached hydrogen (secondary N) is 2. The number of hydrogen-bond acceptors (Lipinski definition) is 1. The van der Waals surface area contributed by atoms with Gasteiger partial charge in [0.25, 0.3) is 0 Å². The standard InChI is InChI=1S/C17H26FN3S/c1-11-6-7-12(8-14(11)18)19-15(22)20-13-9-16(2,3)21-17(4,5)10-13/h6-8,13,21H,9-10H2,1-5H3,(H2,19,20,22)/p+1. The first-order valence-corrected chi connectivity index (χ1v) is 8.18. The summed E-state index contributed by atoms with van der Waals surface area (Å²) >= 11 is 5.39. The van der Waals surface area contributed by atoms with Gasteiger partial charge in [0.2, 0.25) is 0 Å². The highest BCUT2D eigenvalue weighted by Crippen LogP contribution is 2.22. The summed E-state index contributed by atoms with van der Waals surface area (Å²) < 4.78 is 13.6. The van der Waals surface area contributed by atoms with Crippen LogP contribution in [0.4, 0.5) is 10.1 Å². The average Bonchev–Trinajstić information content (AvgIpc) is 2.29. The molecule has 1 heterocycles. The molecule has 0 bridgehead atoms. The Kier molecular flexibility index (Phi) is 4.78. The molecule has 1 aromatic carbocycles. The minimum absolute atomic E-state index is 0.186. The summed E-state index contributed by atoms with van der Waals surface area (Å²) in [6, 6.07) is 5.40. The third kappa shape index (κ3) is 4.65. The van der Waals surface area contributed by atoms with Crippen LogP contribution in [0.5, 0.6) is 0 Å².